The van der Waals surface area contributed by atoms with Crippen molar-refractivity contribution in [2.24, 2.45) is 0 Å². The largest absolute Gasteiger partial charge is 0.485 e. The Morgan fingerprint density at radius 1 is 1.03 bits per heavy atom. The SMILES string of the molecule is CCOc1nccc2c(C(=O)c3c(F)cc(C(C)NC(=O)O)c(OCc4ccccc4)c3F)cccc12. The zero-order valence-electron chi connectivity index (χ0n) is 20.1. The summed E-state index contributed by atoms with van der Waals surface area (Å²) < 4.78 is 42.5. The number of nitrogens with zero attached hydrogens (tertiary/aromatic N) is 1. The predicted molar refractivity (Wildman–Crippen MR) is 133 cm³/mol. The number of pyridine rings is 1. The molecule has 0 saturated heterocycles. The van der Waals surface area contributed by atoms with Crippen molar-refractivity contribution in [1.82, 2.24) is 10.3 Å². The average Bonchev–Trinajstić information content (AvgIpc) is 2.88. The van der Waals surface area contributed by atoms with Crippen LogP contribution < -0.4 is 14.8 Å². The Labute approximate surface area is 211 Å². The monoisotopic (exact) mass is 506 g/mol. The third-order valence-corrected chi connectivity index (χ3v) is 5.76. The van der Waals surface area contributed by atoms with Gasteiger partial charge < -0.3 is 19.9 Å². The van der Waals surface area contributed by atoms with E-state index >= 15 is 8.78 Å². The maximum Gasteiger partial charge on any atom is 0.405 e. The van der Waals surface area contributed by atoms with Gasteiger partial charge in [0.05, 0.1) is 18.2 Å². The van der Waals surface area contributed by atoms with Gasteiger partial charge in [0.15, 0.2) is 17.3 Å². The fourth-order valence-electron chi connectivity index (χ4n) is 4.05. The molecule has 0 fully saturated rings. The lowest BCUT2D eigenvalue weighted by Gasteiger charge is -2.20. The van der Waals surface area contributed by atoms with Crippen LogP contribution in [-0.4, -0.2) is 28.6 Å². The summed E-state index contributed by atoms with van der Waals surface area (Å²) in [7, 11) is 0. The molecule has 0 aliphatic heterocycles. The van der Waals surface area contributed by atoms with E-state index in [0.29, 0.717) is 28.8 Å². The second-order valence-corrected chi connectivity index (χ2v) is 8.19. The smallest absolute Gasteiger partial charge is 0.405 e. The summed E-state index contributed by atoms with van der Waals surface area (Å²) in [5.41, 5.74) is -0.131. The van der Waals surface area contributed by atoms with Gasteiger partial charge in [0.2, 0.25) is 5.88 Å². The number of carbonyl (C=O) groups is 2. The Hall–Kier alpha value is -4.53. The first-order chi connectivity index (χ1) is 17.8. The van der Waals surface area contributed by atoms with E-state index in [4.69, 9.17) is 14.6 Å². The molecule has 190 valence electrons. The quantitative estimate of drug-likeness (QED) is 0.268. The number of rotatable bonds is 9. The highest BCUT2D eigenvalue weighted by molar-refractivity contribution is 6.17. The first kappa shape index (κ1) is 25.6. The van der Waals surface area contributed by atoms with Gasteiger partial charge in [-0.25, -0.2) is 18.6 Å². The van der Waals surface area contributed by atoms with E-state index in [1.165, 1.54) is 19.2 Å². The van der Waals surface area contributed by atoms with Gasteiger partial charge in [0, 0.05) is 22.7 Å². The molecule has 0 bridgehead atoms. The van der Waals surface area contributed by atoms with E-state index in [0.717, 1.165) is 6.07 Å². The van der Waals surface area contributed by atoms with Crippen LogP contribution in [-0.2, 0) is 6.61 Å². The Kier molecular flexibility index (Phi) is 7.62. The van der Waals surface area contributed by atoms with Crippen molar-refractivity contribution >= 4 is 22.6 Å². The number of aromatic nitrogens is 1. The van der Waals surface area contributed by atoms with Crippen LogP contribution in [0.1, 0.15) is 46.9 Å². The van der Waals surface area contributed by atoms with E-state index in [2.05, 4.69) is 10.3 Å². The molecular weight excluding hydrogens is 482 g/mol. The van der Waals surface area contributed by atoms with Crippen LogP contribution in [0, 0.1) is 11.6 Å². The molecule has 4 aromatic rings. The van der Waals surface area contributed by atoms with Crippen molar-refractivity contribution in [3.8, 4) is 11.6 Å². The second kappa shape index (κ2) is 11.0. The number of amides is 1. The molecule has 3 aromatic carbocycles. The Balaban J connectivity index is 1.83. The Morgan fingerprint density at radius 3 is 2.49 bits per heavy atom. The molecule has 0 radical (unpaired) electrons. The zero-order valence-corrected chi connectivity index (χ0v) is 20.1. The van der Waals surface area contributed by atoms with Crippen molar-refractivity contribution in [2.75, 3.05) is 6.61 Å². The number of benzene rings is 3. The summed E-state index contributed by atoms with van der Waals surface area (Å²) in [5, 5.41) is 12.2. The van der Waals surface area contributed by atoms with Gasteiger partial charge in [0.1, 0.15) is 12.4 Å². The molecule has 7 nitrogen and oxygen atoms in total. The summed E-state index contributed by atoms with van der Waals surface area (Å²) in [5.74, 6) is -3.37. The first-order valence-electron chi connectivity index (χ1n) is 11.5. The Morgan fingerprint density at radius 2 is 1.78 bits per heavy atom. The topological polar surface area (TPSA) is 97.8 Å². The van der Waals surface area contributed by atoms with Crippen molar-refractivity contribution in [1.29, 1.82) is 0 Å². The standard InChI is InChI=1S/C28H24F2N2O5/c1-3-36-27-20-11-7-10-19(18(20)12-13-31-27)25(33)23-22(29)14-21(16(2)32-28(34)35)26(24(23)30)37-15-17-8-5-4-6-9-17/h4-14,16,32H,3,15H2,1-2H3,(H,34,35). The molecule has 37 heavy (non-hydrogen) atoms. The molecule has 4 rings (SSSR count). The van der Waals surface area contributed by atoms with E-state index < -0.39 is 40.9 Å². The number of nitrogens with one attached hydrogen (secondary N) is 1. The minimum Gasteiger partial charge on any atom is -0.485 e. The number of carbonyl (C=O) groups excluding carboxylic acids is 1. The zero-order chi connectivity index (χ0) is 26.5. The van der Waals surface area contributed by atoms with Gasteiger partial charge in [-0.15, -0.1) is 0 Å². The fraction of sp³-hybridized carbons (Fsp3) is 0.179. The van der Waals surface area contributed by atoms with E-state index in [-0.39, 0.29) is 17.7 Å². The fourth-order valence-corrected chi connectivity index (χ4v) is 4.05. The molecule has 1 aromatic heterocycles. The summed E-state index contributed by atoms with van der Waals surface area (Å²) in [6.07, 6.45) is 0.0741. The highest BCUT2D eigenvalue weighted by Crippen LogP contribution is 2.36. The minimum absolute atomic E-state index is 0.0529. The number of hydrogen-bond donors (Lipinski definition) is 2. The Bertz CT molecular complexity index is 1460. The molecule has 1 unspecified atom stereocenters. The number of ether oxygens (including phenoxy) is 2. The molecular formula is C28H24F2N2O5. The van der Waals surface area contributed by atoms with Crippen LogP contribution in [0.15, 0.2) is 66.9 Å². The highest BCUT2D eigenvalue weighted by atomic mass is 19.1. The van der Waals surface area contributed by atoms with E-state index in [9.17, 15) is 9.59 Å². The van der Waals surface area contributed by atoms with E-state index in [1.807, 2.05) is 0 Å². The third-order valence-electron chi connectivity index (χ3n) is 5.76. The van der Waals surface area contributed by atoms with Crippen molar-refractivity contribution in [3.63, 3.8) is 0 Å². The molecule has 1 amide bonds. The maximum absolute atomic E-state index is 15.9. The molecule has 0 aliphatic rings. The molecule has 0 aliphatic carbocycles. The van der Waals surface area contributed by atoms with Crippen LogP contribution in [0.2, 0.25) is 0 Å². The first-order valence-corrected chi connectivity index (χ1v) is 11.5. The highest BCUT2D eigenvalue weighted by Gasteiger charge is 2.29. The van der Waals surface area contributed by atoms with Gasteiger partial charge in [-0.2, -0.15) is 0 Å². The molecule has 1 atom stereocenters. The van der Waals surface area contributed by atoms with Gasteiger partial charge in [-0.3, -0.25) is 4.79 Å². The maximum atomic E-state index is 15.9. The van der Waals surface area contributed by atoms with E-state index in [1.54, 1.807) is 55.5 Å². The van der Waals surface area contributed by atoms with Crippen molar-refractivity contribution in [2.45, 2.75) is 26.5 Å². The number of fused-ring (bicyclic) bond motifs is 1. The molecule has 0 spiro atoms. The minimum atomic E-state index is -1.38. The van der Waals surface area contributed by atoms with Crippen LogP contribution in [0.3, 0.4) is 0 Å². The third kappa shape index (κ3) is 5.35. The number of halogens is 2. The number of hydrogen-bond acceptors (Lipinski definition) is 5. The van der Waals surface area contributed by atoms with Crippen molar-refractivity contribution < 1.29 is 33.0 Å². The average molecular weight is 507 g/mol. The van der Waals surface area contributed by atoms with Gasteiger partial charge in [-0.1, -0.05) is 42.5 Å². The van der Waals surface area contributed by atoms with Crippen LogP contribution in [0.5, 0.6) is 11.6 Å². The summed E-state index contributed by atoms with van der Waals surface area (Å²) in [6.45, 7) is 3.48. The van der Waals surface area contributed by atoms with Gasteiger partial charge in [-0.05, 0) is 43.0 Å². The molecule has 0 saturated carbocycles. The van der Waals surface area contributed by atoms with Crippen molar-refractivity contribution in [3.05, 3.63) is 101 Å². The predicted octanol–water partition coefficient (Wildman–Crippen LogP) is 6.05. The van der Waals surface area contributed by atoms with Crippen LogP contribution >= 0.6 is 0 Å². The van der Waals surface area contributed by atoms with Gasteiger partial charge in [0.25, 0.3) is 0 Å². The molecule has 1 heterocycles. The lowest BCUT2D eigenvalue weighted by Crippen LogP contribution is -2.26. The van der Waals surface area contributed by atoms with Crippen LogP contribution in [0.4, 0.5) is 13.6 Å². The summed E-state index contributed by atoms with van der Waals surface area (Å²) in [6, 6.07) is 15.1. The number of ketones is 1. The lowest BCUT2D eigenvalue weighted by atomic mass is 9.94. The van der Waals surface area contributed by atoms with Crippen LogP contribution in [0.25, 0.3) is 10.8 Å². The molecule has 2 N–H and O–H groups in total. The second-order valence-electron chi connectivity index (χ2n) is 8.19. The summed E-state index contributed by atoms with van der Waals surface area (Å²) in [4.78, 5) is 28.9. The number of carboxylic acid groups (broad SMARTS) is 1. The normalized spacial score (nSPS) is 11.7. The lowest BCUT2D eigenvalue weighted by molar-refractivity contribution is 0.103. The summed E-state index contributed by atoms with van der Waals surface area (Å²) >= 11 is 0. The molecule has 9 heteroatoms. The van der Waals surface area contributed by atoms with Gasteiger partial charge >= 0.3 is 6.09 Å².